The summed E-state index contributed by atoms with van der Waals surface area (Å²) in [6, 6.07) is 9.67. The maximum atomic E-state index is 12.4. The second-order valence-corrected chi connectivity index (χ2v) is 7.53. The summed E-state index contributed by atoms with van der Waals surface area (Å²) >= 11 is 5.73. The lowest BCUT2D eigenvalue weighted by Gasteiger charge is -2.04. The molecule has 0 saturated heterocycles. The van der Waals surface area contributed by atoms with Crippen molar-refractivity contribution >= 4 is 49.8 Å². The van der Waals surface area contributed by atoms with E-state index in [0.717, 1.165) is 28.0 Å². The standard InChI is InChI=1S/C13H7BrF3N5S2/c14-7-2-1-3-8(6-7)18-11-21-22-12(24-11)23-10-5-4-9(19-20-10)13(15,16)17/h1-6H,(H,18,21). The molecule has 2 aromatic heterocycles. The minimum atomic E-state index is -4.50. The van der Waals surface area contributed by atoms with Crippen LogP contribution in [0.5, 0.6) is 0 Å². The molecule has 11 heteroatoms. The summed E-state index contributed by atoms with van der Waals surface area (Å²) in [5.41, 5.74) is -0.187. The number of halogens is 4. The van der Waals surface area contributed by atoms with E-state index >= 15 is 0 Å². The summed E-state index contributed by atoms with van der Waals surface area (Å²) in [6.07, 6.45) is -4.50. The Morgan fingerprint density at radius 3 is 2.54 bits per heavy atom. The fourth-order valence-corrected chi connectivity index (χ4v) is 3.64. The third-order valence-corrected chi connectivity index (χ3v) is 4.91. The Balaban J connectivity index is 1.68. The number of nitrogens with zero attached hydrogens (tertiary/aromatic N) is 4. The first-order chi connectivity index (χ1) is 11.4. The molecule has 24 heavy (non-hydrogen) atoms. The topological polar surface area (TPSA) is 63.6 Å². The van der Waals surface area contributed by atoms with E-state index in [2.05, 4.69) is 41.6 Å². The quantitative estimate of drug-likeness (QED) is 0.624. The SMILES string of the molecule is FC(F)(F)c1ccc(Sc2nnc(Nc3cccc(Br)c3)s2)nn1. The van der Waals surface area contributed by atoms with Crippen molar-refractivity contribution in [3.05, 3.63) is 46.6 Å². The fraction of sp³-hybridized carbons (Fsp3) is 0.0769. The number of benzene rings is 1. The molecule has 3 aromatic rings. The van der Waals surface area contributed by atoms with Crippen LogP contribution < -0.4 is 5.32 Å². The van der Waals surface area contributed by atoms with Gasteiger partial charge in [-0.1, -0.05) is 33.3 Å². The first-order valence-electron chi connectivity index (χ1n) is 6.35. The Kier molecular flexibility index (Phi) is 5.01. The van der Waals surface area contributed by atoms with Crippen LogP contribution in [-0.4, -0.2) is 20.4 Å². The number of rotatable bonds is 4. The molecule has 1 aromatic carbocycles. The van der Waals surface area contributed by atoms with Gasteiger partial charge in [0.15, 0.2) is 10.0 Å². The van der Waals surface area contributed by atoms with E-state index in [4.69, 9.17) is 0 Å². The highest BCUT2D eigenvalue weighted by Gasteiger charge is 2.32. The van der Waals surface area contributed by atoms with Gasteiger partial charge in [-0.3, -0.25) is 0 Å². The average molecular weight is 434 g/mol. The summed E-state index contributed by atoms with van der Waals surface area (Å²) in [4.78, 5) is 0. The lowest BCUT2D eigenvalue weighted by Crippen LogP contribution is -2.08. The molecule has 0 aliphatic carbocycles. The molecule has 0 bridgehead atoms. The molecule has 0 fully saturated rings. The van der Waals surface area contributed by atoms with Gasteiger partial charge in [0.25, 0.3) is 0 Å². The molecule has 0 unspecified atom stereocenters. The highest BCUT2D eigenvalue weighted by Crippen LogP contribution is 2.33. The van der Waals surface area contributed by atoms with Gasteiger partial charge in [0.1, 0.15) is 5.03 Å². The van der Waals surface area contributed by atoms with Crippen molar-refractivity contribution < 1.29 is 13.2 Å². The van der Waals surface area contributed by atoms with Gasteiger partial charge in [0.2, 0.25) is 5.13 Å². The molecule has 124 valence electrons. The Hall–Kier alpha value is -1.72. The van der Waals surface area contributed by atoms with E-state index in [1.807, 2.05) is 24.3 Å². The molecule has 0 aliphatic rings. The van der Waals surface area contributed by atoms with Gasteiger partial charge >= 0.3 is 6.18 Å². The third kappa shape index (κ3) is 4.42. The first kappa shape index (κ1) is 17.1. The lowest BCUT2D eigenvalue weighted by atomic mass is 10.3. The van der Waals surface area contributed by atoms with Gasteiger partial charge in [0.05, 0.1) is 0 Å². The smallest absolute Gasteiger partial charge is 0.330 e. The monoisotopic (exact) mass is 433 g/mol. The van der Waals surface area contributed by atoms with Crippen LogP contribution >= 0.6 is 39.0 Å². The normalized spacial score (nSPS) is 11.5. The maximum Gasteiger partial charge on any atom is 0.435 e. The zero-order valence-electron chi connectivity index (χ0n) is 11.6. The van der Waals surface area contributed by atoms with Crippen molar-refractivity contribution in [1.82, 2.24) is 20.4 Å². The molecule has 0 amide bonds. The summed E-state index contributed by atoms with van der Waals surface area (Å²) in [7, 11) is 0. The molecule has 5 nitrogen and oxygen atoms in total. The Morgan fingerprint density at radius 2 is 1.88 bits per heavy atom. The van der Waals surface area contributed by atoms with Crippen molar-refractivity contribution in [3.63, 3.8) is 0 Å². The highest BCUT2D eigenvalue weighted by molar-refractivity contribution is 9.10. The van der Waals surface area contributed by atoms with Crippen molar-refractivity contribution in [2.45, 2.75) is 15.5 Å². The van der Waals surface area contributed by atoms with Gasteiger partial charge in [-0.15, -0.1) is 20.4 Å². The van der Waals surface area contributed by atoms with E-state index in [1.165, 1.54) is 17.4 Å². The number of nitrogens with one attached hydrogen (secondary N) is 1. The molecule has 1 N–H and O–H groups in total. The molecule has 0 saturated carbocycles. The van der Waals surface area contributed by atoms with Crippen LogP contribution in [0.15, 0.2) is 50.2 Å². The number of hydrogen-bond acceptors (Lipinski definition) is 7. The van der Waals surface area contributed by atoms with E-state index in [0.29, 0.717) is 14.5 Å². The average Bonchev–Trinajstić information content (AvgIpc) is 2.94. The summed E-state index contributed by atoms with van der Waals surface area (Å²) in [6.45, 7) is 0. The van der Waals surface area contributed by atoms with Crippen molar-refractivity contribution in [1.29, 1.82) is 0 Å². The Labute approximate surface area is 150 Å². The molecular formula is C13H7BrF3N5S2. The van der Waals surface area contributed by atoms with Crippen molar-refractivity contribution in [2.75, 3.05) is 5.32 Å². The van der Waals surface area contributed by atoms with Gasteiger partial charge in [0, 0.05) is 10.2 Å². The largest absolute Gasteiger partial charge is 0.435 e. The van der Waals surface area contributed by atoms with Crippen LogP contribution in [0.3, 0.4) is 0 Å². The minimum absolute atomic E-state index is 0.313. The van der Waals surface area contributed by atoms with E-state index < -0.39 is 11.9 Å². The van der Waals surface area contributed by atoms with Crippen LogP contribution in [0.4, 0.5) is 24.0 Å². The molecular weight excluding hydrogens is 427 g/mol. The van der Waals surface area contributed by atoms with Crippen LogP contribution in [-0.2, 0) is 6.18 Å². The van der Waals surface area contributed by atoms with E-state index in [-0.39, 0.29) is 0 Å². The number of hydrogen-bond donors (Lipinski definition) is 1. The van der Waals surface area contributed by atoms with E-state index in [9.17, 15) is 13.2 Å². The fourth-order valence-electron chi connectivity index (χ4n) is 1.61. The zero-order chi connectivity index (χ0) is 17.2. The van der Waals surface area contributed by atoms with Crippen LogP contribution in [0.1, 0.15) is 5.69 Å². The van der Waals surface area contributed by atoms with E-state index in [1.54, 1.807) is 0 Å². The molecule has 0 atom stereocenters. The van der Waals surface area contributed by atoms with Crippen molar-refractivity contribution in [2.24, 2.45) is 0 Å². The molecule has 2 heterocycles. The zero-order valence-corrected chi connectivity index (χ0v) is 14.8. The van der Waals surface area contributed by atoms with Gasteiger partial charge in [-0.05, 0) is 42.1 Å². The molecule has 0 aliphatic heterocycles. The second kappa shape index (κ2) is 7.03. The number of aromatic nitrogens is 4. The maximum absolute atomic E-state index is 12.4. The predicted molar refractivity (Wildman–Crippen MR) is 88.5 cm³/mol. The first-order valence-corrected chi connectivity index (χ1v) is 8.77. The van der Waals surface area contributed by atoms with Gasteiger partial charge < -0.3 is 5.32 Å². The summed E-state index contributed by atoms with van der Waals surface area (Å²) < 4.78 is 38.8. The Bertz CT molecular complexity index is 838. The minimum Gasteiger partial charge on any atom is -0.330 e. The lowest BCUT2D eigenvalue weighted by molar-refractivity contribution is -0.141. The molecule has 0 spiro atoms. The molecule has 0 radical (unpaired) electrons. The second-order valence-electron chi connectivity index (χ2n) is 4.37. The molecule has 3 rings (SSSR count). The van der Waals surface area contributed by atoms with Gasteiger partial charge in [-0.2, -0.15) is 13.2 Å². The third-order valence-electron chi connectivity index (χ3n) is 2.60. The van der Waals surface area contributed by atoms with Crippen LogP contribution in [0.25, 0.3) is 0 Å². The highest BCUT2D eigenvalue weighted by atomic mass is 79.9. The van der Waals surface area contributed by atoms with Crippen molar-refractivity contribution in [3.8, 4) is 0 Å². The van der Waals surface area contributed by atoms with Crippen LogP contribution in [0, 0.1) is 0 Å². The number of alkyl halides is 3. The van der Waals surface area contributed by atoms with Gasteiger partial charge in [-0.25, -0.2) is 0 Å². The number of anilines is 2. The van der Waals surface area contributed by atoms with Crippen LogP contribution in [0.2, 0.25) is 0 Å². The Morgan fingerprint density at radius 1 is 1.04 bits per heavy atom. The predicted octanol–water partition coefficient (Wildman–Crippen LogP) is 5.00. The summed E-state index contributed by atoms with van der Waals surface area (Å²) in [5.74, 6) is 0. The summed E-state index contributed by atoms with van der Waals surface area (Å²) in [5, 5.41) is 18.7.